The topological polar surface area (TPSA) is 335 Å². The maximum absolute atomic E-state index is 13.0. The lowest BCUT2D eigenvalue weighted by Gasteiger charge is -2.26. The van der Waals surface area contributed by atoms with Crippen LogP contribution < -0.4 is 26.3 Å². The number of hydrogen-bond acceptors (Lipinski definition) is 17. The lowest BCUT2D eigenvalue weighted by molar-refractivity contribution is -0.115. The Balaban J connectivity index is 1.68. The number of benzene rings is 3. The van der Waals surface area contributed by atoms with Crippen LogP contribution in [0.3, 0.4) is 0 Å². The molecule has 0 fully saturated rings. The molecule has 0 atom stereocenters. The van der Waals surface area contributed by atoms with Crippen LogP contribution in [0.25, 0.3) is 0 Å². The second-order valence-corrected chi connectivity index (χ2v) is 16.2. The van der Waals surface area contributed by atoms with Crippen LogP contribution >= 0.6 is 0 Å². The summed E-state index contributed by atoms with van der Waals surface area (Å²) in [6.07, 6.45) is 0.965. The molecule has 2 amide bonds. The predicted molar refractivity (Wildman–Crippen MR) is 202 cm³/mol. The molecule has 5 rings (SSSR count). The minimum atomic E-state index is -5.30. The Kier molecular flexibility index (Phi) is 11.9. The zero-order chi connectivity index (χ0) is 41.9. The molecule has 1 aliphatic rings. The highest BCUT2D eigenvalue weighted by atomic mass is 32.2. The number of azo groups is 1. The zero-order valence-electron chi connectivity index (χ0n) is 29.6. The minimum absolute atomic E-state index is 0.0298. The Labute approximate surface area is 324 Å². The van der Waals surface area contributed by atoms with Gasteiger partial charge in [-0.1, -0.05) is 30.3 Å². The summed E-state index contributed by atoms with van der Waals surface area (Å²) in [5.74, 6) is -2.51. The third kappa shape index (κ3) is 10.0. The fourth-order valence-corrected chi connectivity index (χ4v) is 6.67. The number of anilines is 4. The van der Waals surface area contributed by atoms with Crippen LogP contribution in [0.5, 0.6) is 0 Å². The van der Waals surface area contributed by atoms with Crippen molar-refractivity contribution in [1.29, 1.82) is 5.41 Å². The third-order valence-corrected chi connectivity index (χ3v) is 9.94. The highest BCUT2D eigenvalue weighted by Crippen LogP contribution is 2.40. The van der Waals surface area contributed by atoms with Crippen molar-refractivity contribution >= 4 is 82.5 Å². The van der Waals surface area contributed by atoms with E-state index in [0.29, 0.717) is 17.5 Å². The number of carbonyl (C=O) groups excluding carboxylic acids is 2. The van der Waals surface area contributed by atoms with Crippen molar-refractivity contribution in [2.75, 3.05) is 10.2 Å². The maximum Gasteiger partial charge on any atom is 0.296 e. The summed E-state index contributed by atoms with van der Waals surface area (Å²) in [7, 11) is -15.0. The molecule has 0 spiro atoms. The molecule has 57 heavy (non-hydrogen) atoms. The monoisotopic (exact) mass is 841 g/mol. The zero-order valence-corrected chi connectivity index (χ0v) is 32.0. The largest absolute Gasteiger partial charge is 0.348 e. The molecule has 298 valence electrons. The molecular weight excluding hydrogens is 811 g/mol. The summed E-state index contributed by atoms with van der Waals surface area (Å²) < 4.78 is 102. The van der Waals surface area contributed by atoms with Crippen molar-refractivity contribution in [3.05, 3.63) is 96.1 Å². The number of aromatic nitrogens is 2. The molecule has 0 saturated heterocycles. The fourth-order valence-electron chi connectivity index (χ4n) is 4.91. The van der Waals surface area contributed by atoms with E-state index in [0.717, 1.165) is 54.4 Å². The molecule has 0 bridgehead atoms. The lowest BCUT2D eigenvalue weighted by Crippen LogP contribution is -2.37. The summed E-state index contributed by atoms with van der Waals surface area (Å²) in [5, 5.41) is 28.9. The molecule has 0 radical (unpaired) electrons. The molecule has 25 heteroatoms. The Morgan fingerprint density at radius 2 is 1.51 bits per heavy atom. The van der Waals surface area contributed by atoms with Crippen LogP contribution in [-0.2, 0) is 39.9 Å². The molecule has 4 aromatic rings. The first-order valence-corrected chi connectivity index (χ1v) is 20.3. The SMILES string of the molecule is CC(=O)Nc1nc(N(c2ccc(S(=O)(=O)O)cc2)c2ccc(S(=O)(=O)O)cc2S(=O)(=O)O)cnc1N=N/C(C(=N)C(=O)NC(C)C)=C1\NN=C(c2ccccc2)N1. The Morgan fingerprint density at radius 3 is 2.09 bits per heavy atom. The van der Waals surface area contributed by atoms with Gasteiger partial charge in [-0.3, -0.25) is 39.0 Å². The predicted octanol–water partition coefficient (Wildman–Crippen LogP) is 3.00. The van der Waals surface area contributed by atoms with E-state index in [1.54, 1.807) is 44.2 Å². The molecule has 8 N–H and O–H groups in total. The van der Waals surface area contributed by atoms with Crippen LogP contribution in [0.15, 0.2) is 121 Å². The highest BCUT2D eigenvalue weighted by Gasteiger charge is 2.29. The van der Waals surface area contributed by atoms with E-state index in [4.69, 9.17) is 5.41 Å². The number of hydrazone groups is 1. The van der Waals surface area contributed by atoms with Gasteiger partial charge in [0.05, 0.1) is 21.7 Å². The number of hydrogen-bond donors (Lipinski definition) is 8. The highest BCUT2D eigenvalue weighted by molar-refractivity contribution is 7.86. The molecule has 2 heterocycles. The average Bonchev–Trinajstić information content (AvgIpc) is 3.61. The van der Waals surface area contributed by atoms with Gasteiger partial charge in [-0.25, -0.2) is 9.97 Å². The van der Waals surface area contributed by atoms with Crippen molar-refractivity contribution in [2.24, 2.45) is 15.3 Å². The first-order valence-electron chi connectivity index (χ1n) is 16.0. The summed E-state index contributed by atoms with van der Waals surface area (Å²) in [6, 6.07) is 14.6. The van der Waals surface area contributed by atoms with Gasteiger partial charge in [0, 0.05) is 24.2 Å². The molecule has 22 nitrogen and oxygen atoms in total. The van der Waals surface area contributed by atoms with Crippen LogP contribution in [0.1, 0.15) is 26.3 Å². The van der Waals surface area contributed by atoms with Gasteiger partial charge in [0.25, 0.3) is 36.3 Å². The van der Waals surface area contributed by atoms with Crippen LogP contribution in [0, 0.1) is 5.41 Å². The average molecular weight is 842 g/mol. The van der Waals surface area contributed by atoms with Gasteiger partial charge in [0.2, 0.25) is 11.7 Å². The quantitative estimate of drug-likeness (QED) is 0.0545. The van der Waals surface area contributed by atoms with Gasteiger partial charge in [-0.2, -0.15) is 30.4 Å². The standard InChI is InChI=1S/C32H31N11O11S3/c1-17(2)35-32(45)26(33)27(29-38-28(40-41-29)19-7-5-4-6-8-19)39-42-30-31(36-18(3)44)37-25(16-34-30)43(20-9-11-21(12-10-20)55(46,47)48)23-14-13-22(56(49,50)51)15-24(23)57(52,53)54/h4-17,33,41H,1-3H3,(H,35,45)(H,38,40)(H,36,37,44)(H,46,47,48)(H,49,50,51)(H,52,53,54)/b29-27-,33-26?,42-39?. The van der Waals surface area contributed by atoms with E-state index in [-0.39, 0.29) is 29.1 Å². The Hall–Kier alpha value is -6.51. The van der Waals surface area contributed by atoms with E-state index >= 15 is 0 Å². The van der Waals surface area contributed by atoms with Crippen molar-refractivity contribution in [2.45, 2.75) is 41.5 Å². The number of nitrogens with zero attached hydrogens (tertiary/aromatic N) is 6. The summed E-state index contributed by atoms with van der Waals surface area (Å²) in [5.41, 5.74) is 1.66. The van der Waals surface area contributed by atoms with Gasteiger partial charge in [0.15, 0.2) is 34.7 Å². The second-order valence-electron chi connectivity index (χ2n) is 12.0. The van der Waals surface area contributed by atoms with Gasteiger partial charge in [-0.15, -0.1) is 10.2 Å². The smallest absolute Gasteiger partial charge is 0.296 e. The first-order chi connectivity index (χ1) is 26.6. The fraction of sp³-hybridized carbons (Fsp3) is 0.125. The van der Waals surface area contributed by atoms with Crippen LogP contribution in [-0.4, -0.2) is 78.3 Å². The van der Waals surface area contributed by atoms with E-state index in [2.05, 4.69) is 46.7 Å². The molecule has 0 aliphatic carbocycles. The van der Waals surface area contributed by atoms with E-state index in [1.807, 2.05) is 0 Å². The number of amides is 2. The van der Waals surface area contributed by atoms with Crippen molar-refractivity contribution in [3.63, 3.8) is 0 Å². The lowest BCUT2D eigenvalue weighted by atomic mass is 10.2. The molecule has 1 aliphatic heterocycles. The number of rotatable bonds is 13. The minimum Gasteiger partial charge on any atom is -0.348 e. The van der Waals surface area contributed by atoms with Crippen molar-refractivity contribution in [3.8, 4) is 0 Å². The molecule has 0 saturated carbocycles. The first kappa shape index (κ1) is 41.6. The van der Waals surface area contributed by atoms with Gasteiger partial charge >= 0.3 is 0 Å². The van der Waals surface area contributed by atoms with Gasteiger partial charge < -0.3 is 16.0 Å². The maximum atomic E-state index is 13.0. The number of carbonyl (C=O) groups is 2. The van der Waals surface area contributed by atoms with Crippen LogP contribution in [0.4, 0.5) is 28.8 Å². The molecule has 3 aromatic carbocycles. The number of amidine groups is 1. The normalized spacial score (nSPS) is 14.1. The summed E-state index contributed by atoms with van der Waals surface area (Å²) in [4.78, 5) is 32.2. The summed E-state index contributed by atoms with van der Waals surface area (Å²) in [6.45, 7) is 4.44. The molecule has 0 unspecified atom stereocenters. The van der Waals surface area contributed by atoms with Crippen LogP contribution in [0.2, 0.25) is 0 Å². The van der Waals surface area contributed by atoms with Gasteiger partial charge in [-0.05, 0) is 56.3 Å². The molecule has 1 aromatic heterocycles. The third-order valence-electron chi connectivity index (χ3n) is 7.34. The Morgan fingerprint density at radius 1 is 0.877 bits per heavy atom. The number of nitrogens with one attached hydrogen (secondary N) is 5. The van der Waals surface area contributed by atoms with E-state index < -0.39 is 79.9 Å². The van der Waals surface area contributed by atoms with Crippen molar-refractivity contribution < 1.29 is 48.5 Å². The second kappa shape index (κ2) is 16.3. The molecular formula is C32H31N11O11S3. The van der Waals surface area contributed by atoms with Crippen molar-refractivity contribution in [1.82, 2.24) is 26.0 Å². The summed E-state index contributed by atoms with van der Waals surface area (Å²) >= 11 is 0. The van der Waals surface area contributed by atoms with E-state index in [1.165, 1.54) is 0 Å². The Bertz CT molecular complexity index is 2710. The van der Waals surface area contributed by atoms with E-state index in [9.17, 15) is 48.5 Å². The van der Waals surface area contributed by atoms with Gasteiger partial charge in [0.1, 0.15) is 4.90 Å².